The van der Waals surface area contributed by atoms with Crippen LogP contribution >= 0.6 is 11.8 Å². The Hall–Kier alpha value is -2.36. The molecule has 1 atom stereocenters. The predicted molar refractivity (Wildman–Crippen MR) is 126 cm³/mol. The van der Waals surface area contributed by atoms with Crippen LogP contribution in [0.4, 0.5) is 5.69 Å². The van der Waals surface area contributed by atoms with Crippen molar-refractivity contribution in [3.8, 4) is 0 Å². The van der Waals surface area contributed by atoms with Crippen molar-refractivity contribution in [3.63, 3.8) is 0 Å². The molecular weight excluding hydrogens is 446 g/mol. The van der Waals surface area contributed by atoms with E-state index in [2.05, 4.69) is 5.32 Å². The Balaban J connectivity index is 1.43. The lowest BCUT2D eigenvalue weighted by Gasteiger charge is -2.23. The highest BCUT2D eigenvalue weighted by Gasteiger charge is 2.35. The van der Waals surface area contributed by atoms with Gasteiger partial charge >= 0.3 is 0 Å². The molecule has 0 spiro atoms. The highest BCUT2D eigenvalue weighted by Crippen LogP contribution is 2.25. The molecule has 170 valence electrons. The second kappa shape index (κ2) is 10.1. The van der Waals surface area contributed by atoms with E-state index in [9.17, 15) is 18.0 Å². The van der Waals surface area contributed by atoms with Crippen LogP contribution in [0.25, 0.3) is 0 Å². The van der Waals surface area contributed by atoms with Crippen molar-refractivity contribution in [1.82, 2.24) is 9.21 Å². The zero-order valence-corrected chi connectivity index (χ0v) is 19.4. The van der Waals surface area contributed by atoms with E-state index in [-0.39, 0.29) is 16.7 Å². The first-order valence-electron chi connectivity index (χ1n) is 10.8. The minimum Gasteiger partial charge on any atom is -0.324 e. The number of hydrogen-bond donors (Lipinski definition) is 1. The van der Waals surface area contributed by atoms with Crippen LogP contribution in [-0.2, 0) is 14.8 Å². The molecule has 9 heteroatoms. The van der Waals surface area contributed by atoms with E-state index in [1.54, 1.807) is 45.6 Å². The third kappa shape index (κ3) is 5.00. The number of benzene rings is 2. The van der Waals surface area contributed by atoms with Crippen LogP contribution in [0.5, 0.6) is 0 Å². The first kappa shape index (κ1) is 22.8. The summed E-state index contributed by atoms with van der Waals surface area (Å²) < 4.78 is 27.4. The summed E-state index contributed by atoms with van der Waals surface area (Å²) in [7, 11) is -3.53. The second-order valence-electron chi connectivity index (χ2n) is 7.99. The van der Waals surface area contributed by atoms with E-state index in [0.29, 0.717) is 36.0 Å². The van der Waals surface area contributed by atoms with Gasteiger partial charge < -0.3 is 10.2 Å². The lowest BCUT2D eigenvalue weighted by molar-refractivity contribution is -0.119. The summed E-state index contributed by atoms with van der Waals surface area (Å²) in [5, 5.41) is 2.83. The first-order valence-corrected chi connectivity index (χ1v) is 13.4. The Bertz CT molecular complexity index is 1050. The van der Waals surface area contributed by atoms with E-state index in [4.69, 9.17) is 0 Å². The number of carbonyl (C=O) groups is 2. The Morgan fingerprint density at radius 3 is 2.22 bits per heavy atom. The van der Waals surface area contributed by atoms with Crippen molar-refractivity contribution in [2.75, 3.05) is 30.0 Å². The summed E-state index contributed by atoms with van der Waals surface area (Å²) in [5.74, 6) is 0.530. The monoisotopic (exact) mass is 473 g/mol. The number of nitrogens with one attached hydrogen (secondary N) is 1. The number of amides is 2. The fraction of sp³-hybridized carbons (Fsp3) is 0.391. The maximum absolute atomic E-state index is 12.9. The molecule has 0 bridgehead atoms. The number of sulfonamides is 1. The molecule has 0 saturated carbocycles. The van der Waals surface area contributed by atoms with Gasteiger partial charge in [0.05, 0.1) is 10.8 Å². The van der Waals surface area contributed by atoms with Gasteiger partial charge in [0.1, 0.15) is 6.04 Å². The molecule has 7 nitrogen and oxygen atoms in total. The van der Waals surface area contributed by atoms with E-state index < -0.39 is 16.1 Å². The van der Waals surface area contributed by atoms with Crippen LogP contribution in [0.2, 0.25) is 0 Å². The van der Waals surface area contributed by atoms with Gasteiger partial charge in [0, 0.05) is 30.1 Å². The van der Waals surface area contributed by atoms with E-state index in [1.807, 2.05) is 6.07 Å². The fourth-order valence-electron chi connectivity index (χ4n) is 3.97. The molecule has 0 aromatic heterocycles. The molecule has 4 rings (SSSR count). The average molecular weight is 474 g/mol. The molecule has 2 aromatic carbocycles. The van der Waals surface area contributed by atoms with E-state index in [1.165, 1.54) is 23.9 Å². The molecule has 2 fully saturated rings. The quantitative estimate of drug-likeness (QED) is 0.719. The van der Waals surface area contributed by atoms with Gasteiger partial charge in [-0.15, -0.1) is 11.8 Å². The molecular formula is C23H27N3O4S2. The van der Waals surface area contributed by atoms with Gasteiger partial charge in [-0.05, 0) is 49.2 Å². The van der Waals surface area contributed by atoms with Crippen molar-refractivity contribution in [2.45, 2.75) is 36.6 Å². The highest BCUT2D eigenvalue weighted by atomic mass is 32.2. The zero-order valence-electron chi connectivity index (χ0n) is 17.8. The Labute approximate surface area is 193 Å². The Morgan fingerprint density at radius 1 is 0.906 bits per heavy atom. The molecule has 2 aliphatic heterocycles. The van der Waals surface area contributed by atoms with Crippen molar-refractivity contribution < 1.29 is 18.0 Å². The van der Waals surface area contributed by atoms with Crippen LogP contribution < -0.4 is 5.32 Å². The standard InChI is InChI=1S/C23H27N3O4S2/c27-22(21-16-31-17-26(21)23(28)18-8-4-3-5-9-18)24-19-10-12-20(13-11-19)32(29,30)25-14-6-1-2-7-15-25/h3-5,8-13,21H,1-2,6-7,14-17H2,(H,24,27)/t21-/m0/s1. The van der Waals surface area contributed by atoms with Gasteiger partial charge in [-0.3, -0.25) is 9.59 Å². The molecule has 2 amide bonds. The SMILES string of the molecule is O=C(Nc1ccc(S(=O)(=O)N2CCCCCC2)cc1)[C@@H]1CSCN1C(=O)c1ccccc1. The van der Waals surface area contributed by atoms with Crippen molar-refractivity contribution >= 4 is 39.3 Å². The Kier molecular flexibility index (Phi) is 7.17. The molecule has 2 saturated heterocycles. The van der Waals surface area contributed by atoms with Crippen molar-refractivity contribution in [3.05, 3.63) is 60.2 Å². The summed E-state index contributed by atoms with van der Waals surface area (Å²) >= 11 is 1.53. The van der Waals surface area contributed by atoms with Gasteiger partial charge in [-0.25, -0.2) is 8.42 Å². The zero-order chi connectivity index (χ0) is 22.6. The summed E-state index contributed by atoms with van der Waals surface area (Å²) in [4.78, 5) is 27.5. The second-order valence-corrected chi connectivity index (χ2v) is 10.9. The van der Waals surface area contributed by atoms with Crippen LogP contribution in [0, 0.1) is 0 Å². The maximum Gasteiger partial charge on any atom is 0.255 e. The average Bonchev–Trinajstić information content (AvgIpc) is 3.14. The number of carbonyl (C=O) groups excluding carboxylic acids is 2. The summed E-state index contributed by atoms with van der Waals surface area (Å²) in [5.41, 5.74) is 1.06. The van der Waals surface area contributed by atoms with Crippen molar-refractivity contribution in [2.24, 2.45) is 0 Å². The number of thioether (sulfide) groups is 1. The van der Waals surface area contributed by atoms with Crippen molar-refractivity contribution in [1.29, 1.82) is 0 Å². The molecule has 2 heterocycles. The topological polar surface area (TPSA) is 86.8 Å². The van der Waals surface area contributed by atoms with Gasteiger partial charge in [-0.2, -0.15) is 4.31 Å². The van der Waals surface area contributed by atoms with Gasteiger partial charge in [0.15, 0.2) is 0 Å². The van der Waals surface area contributed by atoms with Gasteiger partial charge in [-0.1, -0.05) is 31.0 Å². The summed E-state index contributed by atoms with van der Waals surface area (Å²) in [6, 6.07) is 14.6. The fourth-order valence-corrected chi connectivity index (χ4v) is 6.64. The summed E-state index contributed by atoms with van der Waals surface area (Å²) in [6.07, 6.45) is 3.87. The molecule has 1 N–H and O–H groups in total. The molecule has 0 unspecified atom stereocenters. The maximum atomic E-state index is 12.9. The van der Waals surface area contributed by atoms with E-state index >= 15 is 0 Å². The molecule has 2 aliphatic rings. The molecule has 2 aromatic rings. The summed E-state index contributed by atoms with van der Waals surface area (Å²) in [6.45, 7) is 1.09. The van der Waals surface area contributed by atoms with Crippen LogP contribution in [0.1, 0.15) is 36.0 Å². The molecule has 32 heavy (non-hydrogen) atoms. The minimum atomic E-state index is -3.53. The number of anilines is 1. The molecule has 0 aliphatic carbocycles. The van der Waals surface area contributed by atoms with Crippen LogP contribution in [0.15, 0.2) is 59.5 Å². The van der Waals surface area contributed by atoms with Gasteiger partial charge in [0.25, 0.3) is 5.91 Å². The molecule has 0 radical (unpaired) electrons. The van der Waals surface area contributed by atoms with Crippen LogP contribution in [-0.4, -0.2) is 60.2 Å². The third-order valence-corrected chi connectivity index (χ3v) is 8.72. The lowest BCUT2D eigenvalue weighted by atomic mass is 10.1. The van der Waals surface area contributed by atoms with Crippen LogP contribution in [0.3, 0.4) is 0 Å². The van der Waals surface area contributed by atoms with E-state index in [0.717, 1.165) is 25.7 Å². The first-order chi connectivity index (χ1) is 15.5. The Morgan fingerprint density at radius 2 is 1.56 bits per heavy atom. The normalized spacial score (nSPS) is 20.0. The van der Waals surface area contributed by atoms with Gasteiger partial charge in [0.2, 0.25) is 15.9 Å². The minimum absolute atomic E-state index is 0.172. The number of rotatable bonds is 5. The largest absolute Gasteiger partial charge is 0.324 e. The highest BCUT2D eigenvalue weighted by molar-refractivity contribution is 7.99. The predicted octanol–water partition coefficient (Wildman–Crippen LogP) is 3.41. The number of nitrogens with zero attached hydrogens (tertiary/aromatic N) is 2. The lowest BCUT2D eigenvalue weighted by Crippen LogP contribution is -2.44. The third-order valence-electron chi connectivity index (χ3n) is 5.79. The smallest absolute Gasteiger partial charge is 0.255 e. The number of hydrogen-bond acceptors (Lipinski definition) is 5.